The van der Waals surface area contributed by atoms with Gasteiger partial charge in [-0.05, 0) is 26.6 Å². The Bertz CT molecular complexity index is 471. The summed E-state index contributed by atoms with van der Waals surface area (Å²) in [4.78, 5) is 4.60. The van der Waals surface area contributed by atoms with Gasteiger partial charge in [-0.3, -0.25) is 11.3 Å². The molecule has 5 nitrogen and oxygen atoms in total. The first-order chi connectivity index (χ1) is 10.1. The Morgan fingerprint density at radius 1 is 1.43 bits per heavy atom. The van der Waals surface area contributed by atoms with Crippen LogP contribution in [0.3, 0.4) is 0 Å². The number of likely N-dealkylation sites (N-methyl/N-ethyl adjacent to an activating group) is 2. The third kappa shape index (κ3) is 3.71. The summed E-state index contributed by atoms with van der Waals surface area (Å²) >= 11 is 0. The van der Waals surface area contributed by atoms with Gasteiger partial charge in [-0.1, -0.05) is 12.1 Å². The molecule has 21 heavy (non-hydrogen) atoms. The molecule has 1 aliphatic rings. The van der Waals surface area contributed by atoms with Crippen molar-refractivity contribution in [2.24, 2.45) is 5.84 Å². The number of rotatable bonds is 5. The van der Waals surface area contributed by atoms with Crippen molar-refractivity contribution in [3.8, 4) is 5.75 Å². The lowest BCUT2D eigenvalue weighted by atomic mass is 9.97. The molecule has 0 amide bonds. The maximum Gasteiger partial charge on any atom is 0.169 e. The second-order valence-corrected chi connectivity index (χ2v) is 5.72. The SMILES string of the molecule is COc1cccc(C(CC2CN(C)CCN2C)NN)c1F. The highest BCUT2D eigenvalue weighted by Gasteiger charge is 2.27. The number of hydrazine groups is 1. The average molecular weight is 296 g/mol. The Kier molecular flexibility index (Phi) is 5.52. The molecule has 2 rings (SSSR count). The van der Waals surface area contributed by atoms with Crippen molar-refractivity contribution in [2.75, 3.05) is 40.8 Å². The largest absolute Gasteiger partial charge is 0.494 e. The molecule has 2 atom stereocenters. The minimum absolute atomic E-state index is 0.237. The van der Waals surface area contributed by atoms with Crippen LogP contribution in [0.25, 0.3) is 0 Å². The number of halogens is 1. The van der Waals surface area contributed by atoms with Crippen LogP contribution in [0.5, 0.6) is 5.75 Å². The highest BCUT2D eigenvalue weighted by molar-refractivity contribution is 5.33. The lowest BCUT2D eigenvalue weighted by molar-refractivity contribution is 0.101. The molecule has 0 spiro atoms. The fourth-order valence-corrected chi connectivity index (χ4v) is 2.87. The molecular formula is C15H25FN4O. The van der Waals surface area contributed by atoms with Crippen molar-refractivity contribution < 1.29 is 9.13 Å². The molecule has 1 saturated heterocycles. The molecule has 118 valence electrons. The summed E-state index contributed by atoms with van der Waals surface area (Å²) in [5, 5.41) is 0. The van der Waals surface area contributed by atoms with Gasteiger partial charge in [0.1, 0.15) is 0 Å². The number of piperazine rings is 1. The van der Waals surface area contributed by atoms with E-state index < -0.39 is 0 Å². The van der Waals surface area contributed by atoms with Crippen molar-refractivity contribution in [3.05, 3.63) is 29.6 Å². The van der Waals surface area contributed by atoms with E-state index in [-0.39, 0.29) is 17.6 Å². The van der Waals surface area contributed by atoms with Crippen LogP contribution in [-0.4, -0.2) is 56.7 Å². The molecule has 0 aromatic heterocycles. The summed E-state index contributed by atoms with van der Waals surface area (Å²) in [7, 11) is 5.68. The summed E-state index contributed by atoms with van der Waals surface area (Å²) in [6.07, 6.45) is 0.751. The highest BCUT2D eigenvalue weighted by atomic mass is 19.1. The summed E-state index contributed by atoms with van der Waals surface area (Å²) in [5.41, 5.74) is 3.31. The Morgan fingerprint density at radius 3 is 2.86 bits per heavy atom. The van der Waals surface area contributed by atoms with E-state index >= 15 is 0 Å². The number of benzene rings is 1. The van der Waals surface area contributed by atoms with Gasteiger partial charge in [-0.15, -0.1) is 0 Å². The Morgan fingerprint density at radius 2 is 2.19 bits per heavy atom. The summed E-state index contributed by atoms with van der Waals surface area (Å²) < 4.78 is 19.4. The number of nitrogens with two attached hydrogens (primary N) is 1. The topological polar surface area (TPSA) is 53.8 Å². The van der Waals surface area contributed by atoms with Gasteiger partial charge in [0.05, 0.1) is 13.2 Å². The minimum Gasteiger partial charge on any atom is -0.494 e. The van der Waals surface area contributed by atoms with E-state index in [1.807, 2.05) is 0 Å². The van der Waals surface area contributed by atoms with Crippen LogP contribution in [0.1, 0.15) is 18.0 Å². The molecule has 1 heterocycles. The first-order valence-corrected chi connectivity index (χ1v) is 7.24. The number of ether oxygens (including phenoxy) is 1. The van der Waals surface area contributed by atoms with E-state index in [2.05, 4.69) is 29.3 Å². The predicted molar refractivity (Wildman–Crippen MR) is 81.5 cm³/mol. The summed E-state index contributed by atoms with van der Waals surface area (Å²) in [6, 6.07) is 5.27. The molecular weight excluding hydrogens is 271 g/mol. The molecule has 0 radical (unpaired) electrons. The van der Waals surface area contributed by atoms with Crippen molar-refractivity contribution in [3.63, 3.8) is 0 Å². The Balaban J connectivity index is 2.16. The maximum atomic E-state index is 14.4. The molecule has 0 aliphatic carbocycles. The first-order valence-electron chi connectivity index (χ1n) is 7.24. The van der Waals surface area contributed by atoms with Crippen LogP contribution in [0, 0.1) is 5.82 Å². The van der Waals surface area contributed by atoms with E-state index in [1.54, 1.807) is 18.2 Å². The van der Waals surface area contributed by atoms with Crippen LogP contribution in [-0.2, 0) is 0 Å². The molecule has 0 bridgehead atoms. The smallest absolute Gasteiger partial charge is 0.169 e. The molecule has 1 aromatic rings. The molecule has 3 N–H and O–H groups in total. The second kappa shape index (κ2) is 7.17. The van der Waals surface area contributed by atoms with E-state index in [0.29, 0.717) is 11.6 Å². The Labute approximate surface area is 125 Å². The van der Waals surface area contributed by atoms with E-state index in [0.717, 1.165) is 26.1 Å². The fourth-order valence-electron chi connectivity index (χ4n) is 2.87. The van der Waals surface area contributed by atoms with Crippen LogP contribution in [0.2, 0.25) is 0 Å². The van der Waals surface area contributed by atoms with E-state index in [9.17, 15) is 4.39 Å². The zero-order valence-corrected chi connectivity index (χ0v) is 13.0. The molecule has 0 saturated carbocycles. The number of nitrogens with zero attached hydrogens (tertiary/aromatic N) is 2. The normalized spacial score (nSPS) is 22.2. The van der Waals surface area contributed by atoms with Gasteiger partial charge in [0, 0.05) is 31.2 Å². The van der Waals surface area contributed by atoms with Crippen LogP contribution >= 0.6 is 0 Å². The number of hydrogen-bond acceptors (Lipinski definition) is 5. The van der Waals surface area contributed by atoms with Crippen LogP contribution in [0.15, 0.2) is 18.2 Å². The standard InChI is InChI=1S/C15H25FN4O/c1-19-7-8-20(2)11(10-19)9-13(18-17)12-5-4-6-14(21-3)15(12)16/h4-6,11,13,18H,7-10,17H2,1-3H3. The predicted octanol–water partition coefficient (Wildman–Crippen LogP) is 0.975. The first kappa shape index (κ1) is 16.2. The number of methoxy groups -OCH3 is 1. The van der Waals surface area contributed by atoms with Crippen molar-refractivity contribution in [1.29, 1.82) is 0 Å². The van der Waals surface area contributed by atoms with Gasteiger partial charge in [0.15, 0.2) is 11.6 Å². The minimum atomic E-state index is -0.338. The number of hydrogen-bond donors (Lipinski definition) is 2. The molecule has 1 aliphatic heterocycles. The van der Waals surface area contributed by atoms with Crippen LogP contribution in [0.4, 0.5) is 4.39 Å². The van der Waals surface area contributed by atoms with Gasteiger partial charge in [-0.25, -0.2) is 4.39 Å². The van der Waals surface area contributed by atoms with Crippen molar-refractivity contribution in [2.45, 2.75) is 18.5 Å². The summed E-state index contributed by atoms with van der Waals surface area (Å²) in [5.74, 6) is 5.59. The molecule has 6 heteroatoms. The Hall–Kier alpha value is -1.21. The van der Waals surface area contributed by atoms with Gasteiger partial charge in [0.25, 0.3) is 0 Å². The molecule has 1 aromatic carbocycles. The third-order valence-corrected chi connectivity index (χ3v) is 4.28. The number of nitrogens with one attached hydrogen (secondary N) is 1. The van der Waals surface area contributed by atoms with Crippen LogP contribution < -0.4 is 16.0 Å². The van der Waals surface area contributed by atoms with E-state index in [4.69, 9.17) is 10.6 Å². The average Bonchev–Trinajstić information content (AvgIpc) is 2.49. The quantitative estimate of drug-likeness (QED) is 0.626. The lowest BCUT2D eigenvalue weighted by Gasteiger charge is -2.39. The second-order valence-electron chi connectivity index (χ2n) is 5.72. The molecule has 2 unspecified atom stereocenters. The zero-order chi connectivity index (χ0) is 15.4. The van der Waals surface area contributed by atoms with E-state index in [1.165, 1.54) is 7.11 Å². The van der Waals surface area contributed by atoms with Crippen molar-refractivity contribution in [1.82, 2.24) is 15.2 Å². The van der Waals surface area contributed by atoms with Gasteiger partial charge in [0.2, 0.25) is 0 Å². The van der Waals surface area contributed by atoms with Gasteiger partial charge < -0.3 is 14.5 Å². The summed E-state index contributed by atoms with van der Waals surface area (Å²) in [6.45, 7) is 3.03. The highest BCUT2D eigenvalue weighted by Crippen LogP contribution is 2.28. The monoisotopic (exact) mass is 296 g/mol. The van der Waals surface area contributed by atoms with Gasteiger partial charge >= 0.3 is 0 Å². The maximum absolute atomic E-state index is 14.4. The molecule has 1 fully saturated rings. The fraction of sp³-hybridized carbons (Fsp3) is 0.600. The van der Waals surface area contributed by atoms with Gasteiger partial charge in [-0.2, -0.15) is 0 Å². The van der Waals surface area contributed by atoms with Crippen molar-refractivity contribution >= 4 is 0 Å². The third-order valence-electron chi connectivity index (χ3n) is 4.28. The zero-order valence-electron chi connectivity index (χ0n) is 13.0. The lowest BCUT2D eigenvalue weighted by Crippen LogP contribution is -2.51.